The van der Waals surface area contributed by atoms with E-state index in [1.54, 1.807) is 11.0 Å². The molecule has 1 fully saturated rings. The second-order valence-electron chi connectivity index (χ2n) is 8.82. The summed E-state index contributed by atoms with van der Waals surface area (Å²) in [5.41, 5.74) is 5.18. The number of anilines is 1. The molecule has 0 N–H and O–H groups in total. The Balaban J connectivity index is 1.30. The van der Waals surface area contributed by atoms with Crippen LogP contribution in [0.4, 0.5) is 10.5 Å². The van der Waals surface area contributed by atoms with Crippen LogP contribution in [0.15, 0.2) is 71.8 Å². The summed E-state index contributed by atoms with van der Waals surface area (Å²) in [6.45, 7) is 0.848. The summed E-state index contributed by atoms with van der Waals surface area (Å²) in [5, 5.41) is -0.416. The van der Waals surface area contributed by atoms with Crippen molar-refractivity contribution in [2.45, 2.75) is 13.0 Å². The Kier molecular flexibility index (Phi) is 6.21. The Labute approximate surface area is 208 Å². The summed E-state index contributed by atoms with van der Waals surface area (Å²) in [6.07, 6.45) is 4.40. The molecule has 0 spiro atoms. The molecule has 1 saturated heterocycles. The van der Waals surface area contributed by atoms with E-state index in [0.29, 0.717) is 18.0 Å². The smallest absolute Gasteiger partial charge is 0.294 e. The summed E-state index contributed by atoms with van der Waals surface area (Å²) >= 11 is 0.875. The van der Waals surface area contributed by atoms with Crippen LogP contribution in [0.1, 0.15) is 16.8 Å². The Morgan fingerprint density at radius 2 is 1.74 bits per heavy atom. The largest absolute Gasteiger partial charge is 0.378 e. The highest BCUT2D eigenvalue weighted by molar-refractivity contribution is 8.18. The molecule has 2 aliphatic heterocycles. The van der Waals surface area contributed by atoms with Gasteiger partial charge in [-0.2, -0.15) is 0 Å². The first-order chi connectivity index (χ1) is 16.9. The number of benzene rings is 2. The number of imide groups is 1. The minimum absolute atomic E-state index is 0.215. The molecule has 0 bridgehead atoms. The van der Waals surface area contributed by atoms with Gasteiger partial charge in [-0.15, -0.1) is 0 Å². The van der Waals surface area contributed by atoms with Crippen molar-refractivity contribution in [1.82, 2.24) is 14.4 Å². The number of aromatic nitrogens is 1. The molecule has 7 nitrogen and oxygen atoms in total. The van der Waals surface area contributed by atoms with Gasteiger partial charge in [-0.25, -0.2) is 0 Å². The topological polar surface area (TPSA) is 65.9 Å². The lowest BCUT2D eigenvalue weighted by molar-refractivity contribution is -0.136. The third-order valence-electron chi connectivity index (χ3n) is 6.35. The van der Waals surface area contributed by atoms with Crippen LogP contribution in [0.5, 0.6) is 0 Å². The highest BCUT2D eigenvalue weighted by Crippen LogP contribution is 2.33. The molecule has 0 radical (unpaired) electrons. The Bertz CT molecular complexity index is 1330. The van der Waals surface area contributed by atoms with Crippen LogP contribution in [0.3, 0.4) is 0 Å². The van der Waals surface area contributed by atoms with Gasteiger partial charge < -0.3 is 14.4 Å². The predicted octanol–water partition coefficient (Wildman–Crippen LogP) is 4.16. The average molecular weight is 487 g/mol. The van der Waals surface area contributed by atoms with Crippen molar-refractivity contribution >= 4 is 40.6 Å². The quantitative estimate of drug-likeness (QED) is 0.507. The molecule has 0 unspecified atom stereocenters. The van der Waals surface area contributed by atoms with Crippen LogP contribution in [-0.4, -0.2) is 58.6 Å². The number of nitrogens with zero attached hydrogens (tertiary/aromatic N) is 4. The molecular formula is C27H26N4O3S. The number of hydrogen-bond donors (Lipinski definition) is 0. The lowest BCUT2D eigenvalue weighted by Gasteiger charge is -2.29. The number of amides is 3. The summed E-state index contributed by atoms with van der Waals surface area (Å²) in [4.78, 5) is 43.8. The maximum Gasteiger partial charge on any atom is 0.294 e. The van der Waals surface area contributed by atoms with E-state index in [-0.39, 0.29) is 12.5 Å². The molecule has 0 aliphatic carbocycles. The van der Waals surface area contributed by atoms with Crippen molar-refractivity contribution in [1.29, 1.82) is 0 Å². The summed E-state index contributed by atoms with van der Waals surface area (Å²) < 4.78 is 1.96. The zero-order chi connectivity index (χ0) is 24.5. The highest BCUT2D eigenvalue weighted by Gasteiger charge is 2.37. The van der Waals surface area contributed by atoms with Gasteiger partial charge in [0.25, 0.3) is 11.1 Å². The lowest BCUT2D eigenvalue weighted by Crippen LogP contribution is -2.44. The molecule has 3 aromatic rings. The third-order valence-corrected chi connectivity index (χ3v) is 7.26. The van der Waals surface area contributed by atoms with Crippen LogP contribution in [0.2, 0.25) is 0 Å². The first-order valence-corrected chi connectivity index (χ1v) is 12.3. The Hall–Kier alpha value is -3.78. The number of carbonyl (C=O) groups is 3. The van der Waals surface area contributed by atoms with Gasteiger partial charge in [-0.05, 0) is 71.8 Å². The molecule has 1 aromatic heterocycles. The second kappa shape index (κ2) is 9.46. The molecular weight excluding hydrogens is 460 g/mol. The van der Waals surface area contributed by atoms with E-state index in [1.165, 1.54) is 5.56 Å². The van der Waals surface area contributed by atoms with Crippen LogP contribution >= 0.6 is 11.8 Å². The van der Waals surface area contributed by atoms with Crippen molar-refractivity contribution < 1.29 is 14.4 Å². The fraction of sp³-hybridized carbons (Fsp3) is 0.222. The van der Waals surface area contributed by atoms with E-state index in [0.717, 1.165) is 45.7 Å². The van der Waals surface area contributed by atoms with Crippen molar-refractivity contribution in [3.8, 4) is 5.69 Å². The fourth-order valence-corrected chi connectivity index (χ4v) is 5.20. The molecule has 8 heteroatoms. The Morgan fingerprint density at radius 1 is 1.00 bits per heavy atom. The summed E-state index contributed by atoms with van der Waals surface area (Å²) in [5.74, 6) is -0.645. The number of fused-ring (bicyclic) bond motifs is 1. The van der Waals surface area contributed by atoms with Crippen molar-refractivity contribution in [2.75, 3.05) is 32.1 Å². The average Bonchev–Trinajstić information content (AvgIpc) is 3.43. The van der Waals surface area contributed by atoms with Gasteiger partial charge in [0.05, 0.1) is 4.91 Å². The number of hydrogen-bond acceptors (Lipinski definition) is 5. The van der Waals surface area contributed by atoms with Crippen LogP contribution < -0.4 is 4.90 Å². The van der Waals surface area contributed by atoms with Crippen LogP contribution in [0, 0.1) is 0 Å². The Morgan fingerprint density at radius 3 is 2.49 bits per heavy atom. The number of carbonyl (C=O) groups excluding carboxylic acids is 3. The molecule has 0 atom stereocenters. The van der Waals surface area contributed by atoms with E-state index in [4.69, 9.17) is 0 Å². The van der Waals surface area contributed by atoms with Gasteiger partial charge >= 0.3 is 0 Å². The molecule has 0 saturated carbocycles. The van der Waals surface area contributed by atoms with Gasteiger partial charge in [-0.1, -0.05) is 24.3 Å². The zero-order valence-electron chi connectivity index (χ0n) is 19.7. The van der Waals surface area contributed by atoms with Crippen molar-refractivity contribution in [3.63, 3.8) is 0 Å². The molecule has 2 aromatic carbocycles. The van der Waals surface area contributed by atoms with Gasteiger partial charge in [-0.3, -0.25) is 19.3 Å². The third kappa shape index (κ3) is 4.61. The second-order valence-corrected chi connectivity index (χ2v) is 9.81. The van der Waals surface area contributed by atoms with Crippen LogP contribution in [0.25, 0.3) is 11.8 Å². The van der Waals surface area contributed by atoms with Gasteiger partial charge in [0, 0.05) is 50.5 Å². The first-order valence-electron chi connectivity index (χ1n) is 11.5. The SMILES string of the molecule is CN(C)c1ccc(-n2cccc2/C=C2\SC(=O)N(CC(=O)N3CCc4ccccc4C3)C2=O)cc1. The molecule has 3 amide bonds. The van der Waals surface area contributed by atoms with E-state index >= 15 is 0 Å². The van der Waals surface area contributed by atoms with Gasteiger partial charge in [0.15, 0.2) is 0 Å². The van der Waals surface area contributed by atoms with E-state index in [2.05, 4.69) is 6.07 Å². The molecule has 3 heterocycles. The van der Waals surface area contributed by atoms with E-state index in [1.807, 2.05) is 84.4 Å². The number of thioether (sulfide) groups is 1. The standard InChI is InChI=1S/C27H26N4O3S/c1-28(2)21-9-11-22(12-10-21)30-14-5-8-23(30)16-24-26(33)31(27(34)35-24)18-25(32)29-15-13-19-6-3-4-7-20(19)17-29/h3-12,14,16H,13,15,17-18H2,1-2H3/b24-16-. The molecule has 178 valence electrons. The summed E-state index contributed by atoms with van der Waals surface area (Å²) in [6, 6.07) is 19.9. The molecule has 35 heavy (non-hydrogen) atoms. The maximum absolute atomic E-state index is 13.1. The minimum atomic E-state index is -0.429. The number of rotatable bonds is 5. The predicted molar refractivity (Wildman–Crippen MR) is 138 cm³/mol. The molecule has 2 aliphatic rings. The normalized spacial score (nSPS) is 16.7. The van der Waals surface area contributed by atoms with E-state index in [9.17, 15) is 14.4 Å². The highest BCUT2D eigenvalue weighted by atomic mass is 32.2. The van der Waals surface area contributed by atoms with Gasteiger partial charge in [0.1, 0.15) is 6.54 Å². The van der Waals surface area contributed by atoms with Gasteiger partial charge in [0.2, 0.25) is 5.91 Å². The maximum atomic E-state index is 13.1. The first kappa shape index (κ1) is 23.0. The summed E-state index contributed by atoms with van der Waals surface area (Å²) in [7, 11) is 3.97. The zero-order valence-corrected chi connectivity index (χ0v) is 20.5. The molecule has 5 rings (SSSR count). The van der Waals surface area contributed by atoms with Crippen LogP contribution in [-0.2, 0) is 22.6 Å². The minimum Gasteiger partial charge on any atom is -0.378 e. The monoisotopic (exact) mass is 486 g/mol. The fourth-order valence-electron chi connectivity index (χ4n) is 4.37. The van der Waals surface area contributed by atoms with Crippen molar-refractivity contribution in [3.05, 3.63) is 88.6 Å². The lowest BCUT2D eigenvalue weighted by atomic mass is 10.00. The van der Waals surface area contributed by atoms with E-state index < -0.39 is 11.1 Å². The van der Waals surface area contributed by atoms with Crippen molar-refractivity contribution in [2.24, 2.45) is 0 Å².